The average molecular weight is 302 g/mol. The van der Waals surface area contributed by atoms with Gasteiger partial charge in [-0.05, 0) is 18.2 Å². The van der Waals surface area contributed by atoms with Crippen molar-refractivity contribution in [2.75, 3.05) is 0 Å². The number of alkyl halides is 3. The zero-order chi connectivity index (χ0) is 14.9. The van der Waals surface area contributed by atoms with Crippen molar-refractivity contribution in [1.82, 2.24) is 4.98 Å². The van der Waals surface area contributed by atoms with Crippen molar-refractivity contribution in [2.45, 2.75) is 6.18 Å². The fourth-order valence-corrected chi connectivity index (χ4v) is 1.77. The van der Waals surface area contributed by atoms with E-state index in [1.54, 1.807) is 0 Å². The fourth-order valence-electron chi connectivity index (χ4n) is 1.59. The summed E-state index contributed by atoms with van der Waals surface area (Å²) in [7, 11) is 0. The number of hydrogen-bond donors (Lipinski definition) is 1. The van der Waals surface area contributed by atoms with Crippen LogP contribution in [0.15, 0.2) is 36.5 Å². The predicted octanol–water partition coefficient (Wildman–Crippen LogP) is 4.12. The molecule has 0 radical (unpaired) electrons. The molecular weight excluding hydrogens is 295 g/mol. The van der Waals surface area contributed by atoms with E-state index in [0.717, 1.165) is 18.3 Å². The predicted molar refractivity (Wildman–Crippen MR) is 66.6 cm³/mol. The maximum absolute atomic E-state index is 12.4. The molecule has 0 fully saturated rings. The number of carboxylic acids is 1. The summed E-state index contributed by atoms with van der Waals surface area (Å²) in [5.41, 5.74) is -0.331. The summed E-state index contributed by atoms with van der Waals surface area (Å²) in [4.78, 5) is 14.8. The smallest absolute Gasteiger partial charge is 0.416 e. The number of hydrogen-bond acceptors (Lipinski definition) is 2. The molecule has 0 unspecified atom stereocenters. The number of aromatic nitrogens is 1. The molecule has 0 spiro atoms. The molecule has 2 aromatic rings. The standard InChI is InChI=1S/C13H7ClF3NO2/c14-10-6-18-11(5-9(10)12(19)20)7-1-3-8(4-2-7)13(15,16)17/h1-6H,(H,19,20). The Morgan fingerprint density at radius 1 is 1.20 bits per heavy atom. The Labute approximate surface area is 116 Å². The van der Waals surface area contributed by atoms with Gasteiger partial charge in [-0.3, -0.25) is 4.98 Å². The lowest BCUT2D eigenvalue weighted by atomic mass is 10.1. The van der Waals surface area contributed by atoms with Gasteiger partial charge in [0, 0.05) is 11.8 Å². The summed E-state index contributed by atoms with van der Waals surface area (Å²) < 4.78 is 37.3. The molecule has 1 aromatic heterocycles. The Balaban J connectivity index is 2.42. The Kier molecular flexibility index (Phi) is 3.67. The van der Waals surface area contributed by atoms with E-state index in [-0.39, 0.29) is 16.3 Å². The van der Waals surface area contributed by atoms with Crippen LogP contribution in [0.1, 0.15) is 15.9 Å². The highest BCUT2D eigenvalue weighted by molar-refractivity contribution is 6.33. The van der Waals surface area contributed by atoms with Crippen LogP contribution in [0.25, 0.3) is 11.3 Å². The van der Waals surface area contributed by atoms with Crippen LogP contribution in [0, 0.1) is 0 Å². The fraction of sp³-hybridized carbons (Fsp3) is 0.0769. The van der Waals surface area contributed by atoms with Crippen molar-refractivity contribution in [3.8, 4) is 11.3 Å². The molecule has 0 atom stereocenters. The van der Waals surface area contributed by atoms with E-state index in [0.29, 0.717) is 5.56 Å². The van der Waals surface area contributed by atoms with E-state index in [1.807, 2.05) is 0 Å². The number of aromatic carboxylic acids is 1. The van der Waals surface area contributed by atoms with Crippen molar-refractivity contribution < 1.29 is 23.1 Å². The number of carbonyl (C=O) groups is 1. The first-order valence-electron chi connectivity index (χ1n) is 5.35. The van der Waals surface area contributed by atoms with E-state index in [9.17, 15) is 18.0 Å². The largest absolute Gasteiger partial charge is 0.478 e. The SMILES string of the molecule is O=C(O)c1cc(-c2ccc(C(F)(F)F)cc2)ncc1Cl. The number of halogens is 4. The molecule has 0 saturated heterocycles. The van der Waals surface area contributed by atoms with Gasteiger partial charge in [0.1, 0.15) is 0 Å². The number of rotatable bonds is 2. The van der Waals surface area contributed by atoms with Crippen molar-refractivity contribution >= 4 is 17.6 Å². The summed E-state index contributed by atoms with van der Waals surface area (Å²) in [6.45, 7) is 0. The number of carboxylic acid groups (broad SMARTS) is 1. The normalized spacial score (nSPS) is 11.4. The second-order valence-electron chi connectivity index (χ2n) is 3.93. The number of pyridine rings is 1. The minimum absolute atomic E-state index is 0.0341. The number of benzene rings is 1. The van der Waals surface area contributed by atoms with Crippen molar-refractivity contribution in [2.24, 2.45) is 0 Å². The van der Waals surface area contributed by atoms with E-state index in [1.165, 1.54) is 18.2 Å². The van der Waals surface area contributed by atoms with Crippen LogP contribution in [0.2, 0.25) is 5.02 Å². The summed E-state index contributed by atoms with van der Waals surface area (Å²) in [6, 6.07) is 5.49. The zero-order valence-corrected chi connectivity index (χ0v) is 10.5. The Morgan fingerprint density at radius 2 is 1.80 bits per heavy atom. The lowest BCUT2D eigenvalue weighted by Crippen LogP contribution is -2.04. The minimum Gasteiger partial charge on any atom is -0.478 e. The Morgan fingerprint density at radius 3 is 2.30 bits per heavy atom. The van der Waals surface area contributed by atoms with Crippen LogP contribution < -0.4 is 0 Å². The van der Waals surface area contributed by atoms with Crippen LogP contribution in [0.5, 0.6) is 0 Å². The van der Waals surface area contributed by atoms with Crippen LogP contribution in [-0.2, 0) is 6.18 Å². The molecule has 1 aromatic carbocycles. The second kappa shape index (κ2) is 5.13. The van der Waals surface area contributed by atoms with Crippen LogP contribution >= 0.6 is 11.6 Å². The van der Waals surface area contributed by atoms with Gasteiger partial charge in [0.15, 0.2) is 0 Å². The molecule has 2 rings (SSSR count). The van der Waals surface area contributed by atoms with Crippen molar-refractivity contribution in [1.29, 1.82) is 0 Å². The second-order valence-corrected chi connectivity index (χ2v) is 4.34. The minimum atomic E-state index is -4.42. The first kappa shape index (κ1) is 14.3. The third kappa shape index (κ3) is 2.91. The van der Waals surface area contributed by atoms with E-state index in [2.05, 4.69) is 4.98 Å². The maximum Gasteiger partial charge on any atom is 0.416 e. The zero-order valence-electron chi connectivity index (χ0n) is 9.78. The molecule has 7 heteroatoms. The highest BCUT2D eigenvalue weighted by Gasteiger charge is 2.30. The molecule has 1 heterocycles. The molecule has 20 heavy (non-hydrogen) atoms. The average Bonchev–Trinajstić information content (AvgIpc) is 2.38. The van der Waals surface area contributed by atoms with Gasteiger partial charge < -0.3 is 5.11 Å². The summed E-state index contributed by atoms with van der Waals surface area (Å²) >= 11 is 5.67. The molecule has 0 amide bonds. The van der Waals surface area contributed by atoms with Crippen molar-refractivity contribution in [3.05, 3.63) is 52.7 Å². The molecule has 0 bridgehead atoms. The first-order chi connectivity index (χ1) is 9.29. The van der Waals surface area contributed by atoms with Gasteiger partial charge >= 0.3 is 12.1 Å². The summed E-state index contributed by atoms with van der Waals surface area (Å²) in [5.74, 6) is -1.23. The molecule has 0 saturated carbocycles. The molecule has 3 nitrogen and oxygen atoms in total. The monoisotopic (exact) mass is 301 g/mol. The van der Waals surface area contributed by atoms with Gasteiger partial charge in [-0.2, -0.15) is 13.2 Å². The van der Waals surface area contributed by atoms with E-state index < -0.39 is 17.7 Å². The van der Waals surface area contributed by atoms with Gasteiger partial charge in [0.05, 0.1) is 21.8 Å². The molecule has 104 valence electrons. The van der Waals surface area contributed by atoms with E-state index >= 15 is 0 Å². The maximum atomic E-state index is 12.4. The molecule has 0 aliphatic rings. The molecule has 1 N–H and O–H groups in total. The highest BCUT2D eigenvalue weighted by Crippen LogP contribution is 2.31. The highest BCUT2D eigenvalue weighted by atomic mass is 35.5. The van der Waals surface area contributed by atoms with Gasteiger partial charge in [-0.25, -0.2) is 4.79 Å². The molecular formula is C13H7ClF3NO2. The van der Waals surface area contributed by atoms with Gasteiger partial charge in [0.2, 0.25) is 0 Å². The van der Waals surface area contributed by atoms with Crippen LogP contribution in [-0.4, -0.2) is 16.1 Å². The first-order valence-corrected chi connectivity index (χ1v) is 5.73. The number of nitrogens with zero attached hydrogens (tertiary/aromatic N) is 1. The van der Waals surface area contributed by atoms with Gasteiger partial charge in [-0.1, -0.05) is 23.7 Å². The Bertz CT molecular complexity index is 654. The third-order valence-electron chi connectivity index (χ3n) is 2.59. The topological polar surface area (TPSA) is 50.2 Å². The summed E-state index contributed by atoms with van der Waals surface area (Å²) in [6.07, 6.45) is -3.27. The lowest BCUT2D eigenvalue weighted by Gasteiger charge is -2.08. The van der Waals surface area contributed by atoms with Crippen LogP contribution in [0.4, 0.5) is 13.2 Å². The molecule has 0 aliphatic heterocycles. The quantitative estimate of drug-likeness (QED) is 0.907. The molecule has 0 aliphatic carbocycles. The van der Waals surface area contributed by atoms with Crippen LogP contribution in [0.3, 0.4) is 0 Å². The van der Waals surface area contributed by atoms with E-state index in [4.69, 9.17) is 16.7 Å². The lowest BCUT2D eigenvalue weighted by molar-refractivity contribution is -0.137. The summed E-state index contributed by atoms with van der Waals surface area (Å²) in [5, 5.41) is 8.89. The van der Waals surface area contributed by atoms with Gasteiger partial charge in [0.25, 0.3) is 0 Å². The van der Waals surface area contributed by atoms with Gasteiger partial charge in [-0.15, -0.1) is 0 Å². The van der Waals surface area contributed by atoms with Crippen molar-refractivity contribution in [3.63, 3.8) is 0 Å². The Hall–Kier alpha value is -2.08. The third-order valence-corrected chi connectivity index (χ3v) is 2.89.